The molecule has 0 aromatic rings. The summed E-state index contributed by atoms with van der Waals surface area (Å²) in [6.07, 6.45) is -24.1. The summed E-state index contributed by atoms with van der Waals surface area (Å²) in [6.45, 7) is -2.19. The van der Waals surface area contributed by atoms with Crippen molar-refractivity contribution in [2.75, 3.05) is 26.9 Å². The van der Waals surface area contributed by atoms with Gasteiger partial charge in [-0.1, -0.05) is 0 Å². The second-order valence-electron chi connectivity index (χ2n) is 8.55. The SMILES string of the molecule is CO[C@H]1O[C@H](CO)[C@@H](O)[C@H](O[C@@H]2O[C@H](CO)[C@@H](O)[C@H](O)[C@H]2O)[C@H]1O[C@H]1O[C@H](CO)[C@H](O)[C@H](O)[C@H]1O. The van der Waals surface area contributed by atoms with Crippen molar-refractivity contribution >= 4 is 0 Å². The monoisotopic (exact) mass is 518 g/mol. The summed E-state index contributed by atoms with van der Waals surface area (Å²) in [5.74, 6) is 0. The number of aliphatic hydroxyl groups is 10. The molecule has 0 aliphatic carbocycles. The Kier molecular flexibility index (Phi) is 10.1. The van der Waals surface area contributed by atoms with Crippen molar-refractivity contribution in [2.45, 2.75) is 92.1 Å². The maximum absolute atomic E-state index is 10.8. The van der Waals surface area contributed by atoms with Crippen LogP contribution in [0.3, 0.4) is 0 Å². The number of hydrogen-bond donors (Lipinski definition) is 10. The van der Waals surface area contributed by atoms with Gasteiger partial charge in [-0.15, -0.1) is 0 Å². The average molecular weight is 518 g/mol. The number of aliphatic hydroxyl groups excluding tert-OH is 10. The van der Waals surface area contributed by atoms with Gasteiger partial charge in [0.25, 0.3) is 0 Å². The Morgan fingerprint density at radius 1 is 0.486 bits per heavy atom. The molecule has 0 unspecified atom stereocenters. The number of hydrogen-bond acceptors (Lipinski definition) is 16. The predicted molar refractivity (Wildman–Crippen MR) is 106 cm³/mol. The Bertz CT molecular complexity index is 652. The van der Waals surface area contributed by atoms with Gasteiger partial charge in [0, 0.05) is 7.11 Å². The van der Waals surface area contributed by atoms with Crippen LogP contribution < -0.4 is 0 Å². The van der Waals surface area contributed by atoms with Crippen molar-refractivity contribution in [3.8, 4) is 0 Å². The summed E-state index contributed by atoms with van der Waals surface area (Å²) in [5, 5.41) is 99.9. The summed E-state index contributed by atoms with van der Waals surface area (Å²) < 4.78 is 32.6. The lowest BCUT2D eigenvalue weighted by molar-refractivity contribution is -0.390. The van der Waals surface area contributed by atoms with Gasteiger partial charge >= 0.3 is 0 Å². The second kappa shape index (κ2) is 12.3. The molecule has 3 aliphatic heterocycles. The standard InChI is InChI=1S/C19H34O16/c1-30-19-16(35-18-14(29)12(27)9(24)6(3-21)32-18)15(10(25)7(4-22)33-19)34-17-13(28)11(26)8(23)5(2-20)31-17/h5-29H,2-4H2,1H3/t5-,6-,7-,8-,9+,10-,11+,12+,13-,14-,15+,16-,17+,18-,19+/m1/s1. The van der Waals surface area contributed by atoms with Crippen molar-refractivity contribution < 1.29 is 79.5 Å². The topological polar surface area (TPSA) is 258 Å². The fraction of sp³-hybridized carbons (Fsp3) is 1.00. The Morgan fingerprint density at radius 3 is 1.26 bits per heavy atom. The van der Waals surface area contributed by atoms with Crippen LogP contribution in [0.25, 0.3) is 0 Å². The van der Waals surface area contributed by atoms with E-state index in [-0.39, 0.29) is 0 Å². The third-order valence-electron chi connectivity index (χ3n) is 6.31. The second-order valence-corrected chi connectivity index (χ2v) is 8.55. The number of rotatable bonds is 8. The molecule has 3 heterocycles. The fourth-order valence-corrected chi connectivity index (χ4v) is 4.20. The molecule has 0 aromatic heterocycles. The Labute approximate surface area is 199 Å². The van der Waals surface area contributed by atoms with E-state index in [1.54, 1.807) is 0 Å². The van der Waals surface area contributed by atoms with Gasteiger partial charge in [-0.25, -0.2) is 0 Å². The molecule has 3 saturated heterocycles. The van der Waals surface area contributed by atoms with E-state index >= 15 is 0 Å². The quantitative estimate of drug-likeness (QED) is 0.143. The van der Waals surface area contributed by atoms with E-state index in [2.05, 4.69) is 0 Å². The van der Waals surface area contributed by atoms with Gasteiger partial charge in [0.15, 0.2) is 18.9 Å². The van der Waals surface area contributed by atoms with Crippen molar-refractivity contribution in [1.29, 1.82) is 0 Å². The summed E-state index contributed by atoms with van der Waals surface area (Å²) in [4.78, 5) is 0. The van der Waals surface area contributed by atoms with Crippen LogP contribution in [0.2, 0.25) is 0 Å². The first-order valence-corrected chi connectivity index (χ1v) is 11.0. The molecule has 0 saturated carbocycles. The van der Waals surface area contributed by atoms with Crippen LogP contribution >= 0.6 is 0 Å². The summed E-state index contributed by atoms with van der Waals surface area (Å²) >= 11 is 0. The van der Waals surface area contributed by atoms with Gasteiger partial charge in [-0.2, -0.15) is 0 Å². The molecule has 0 radical (unpaired) electrons. The maximum Gasteiger partial charge on any atom is 0.187 e. The van der Waals surface area contributed by atoms with Crippen LogP contribution in [0.4, 0.5) is 0 Å². The zero-order valence-electron chi connectivity index (χ0n) is 18.7. The van der Waals surface area contributed by atoms with Crippen LogP contribution in [0, 0.1) is 0 Å². The van der Waals surface area contributed by atoms with Crippen LogP contribution in [-0.2, 0) is 28.4 Å². The zero-order valence-corrected chi connectivity index (χ0v) is 18.7. The largest absolute Gasteiger partial charge is 0.394 e. The molecule has 16 heteroatoms. The minimum Gasteiger partial charge on any atom is -0.394 e. The fourth-order valence-electron chi connectivity index (χ4n) is 4.20. The Morgan fingerprint density at radius 2 is 0.857 bits per heavy atom. The molecule has 3 rings (SSSR count). The van der Waals surface area contributed by atoms with Crippen molar-refractivity contribution in [2.24, 2.45) is 0 Å². The third kappa shape index (κ3) is 5.78. The summed E-state index contributed by atoms with van der Waals surface area (Å²) in [5.41, 5.74) is 0. The van der Waals surface area contributed by atoms with Gasteiger partial charge in [-0.3, -0.25) is 0 Å². The third-order valence-corrected chi connectivity index (χ3v) is 6.31. The maximum atomic E-state index is 10.8. The first kappa shape index (κ1) is 28.9. The van der Waals surface area contributed by atoms with Crippen LogP contribution in [-0.4, -0.2) is 170 Å². The van der Waals surface area contributed by atoms with E-state index < -0.39 is 112 Å². The van der Waals surface area contributed by atoms with E-state index in [4.69, 9.17) is 28.4 Å². The molecular formula is C19H34O16. The van der Waals surface area contributed by atoms with Crippen LogP contribution in [0.5, 0.6) is 0 Å². The molecule has 0 amide bonds. The molecule has 35 heavy (non-hydrogen) atoms. The van der Waals surface area contributed by atoms with Gasteiger partial charge in [0.05, 0.1) is 19.8 Å². The molecule has 206 valence electrons. The van der Waals surface area contributed by atoms with Crippen molar-refractivity contribution in [3.05, 3.63) is 0 Å². The van der Waals surface area contributed by atoms with E-state index in [1.165, 1.54) is 7.11 Å². The minimum atomic E-state index is -1.84. The van der Waals surface area contributed by atoms with Crippen LogP contribution in [0.1, 0.15) is 0 Å². The summed E-state index contributed by atoms with van der Waals surface area (Å²) in [7, 11) is 1.19. The molecule has 0 spiro atoms. The van der Waals surface area contributed by atoms with Gasteiger partial charge in [-0.05, 0) is 0 Å². The highest BCUT2D eigenvalue weighted by Gasteiger charge is 2.54. The first-order chi connectivity index (χ1) is 16.6. The Balaban J connectivity index is 1.86. The lowest BCUT2D eigenvalue weighted by Crippen LogP contribution is -2.67. The first-order valence-electron chi connectivity index (χ1n) is 11.0. The van der Waals surface area contributed by atoms with E-state index in [0.29, 0.717) is 0 Å². The smallest absolute Gasteiger partial charge is 0.187 e. The number of methoxy groups -OCH3 is 1. The minimum absolute atomic E-state index is 0.706. The molecule has 3 fully saturated rings. The van der Waals surface area contributed by atoms with Gasteiger partial charge in [0.2, 0.25) is 0 Å². The predicted octanol–water partition coefficient (Wildman–Crippen LogP) is -6.92. The van der Waals surface area contributed by atoms with Crippen LogP contribution in [0.15, 0.2) is 0 Å². The van der Waals surface area contributed by atoms with E-state index in [1.807, 2.05) is 0 Å². The normalized spacial score (nSPS) is 51.3. The lowest BCUT2D eigenvalue weighted by atomic mass is 9.96. The molecule has 16 nitrogen and oxygen atoms in total. The molecular weight excluding hydrogens is 484 g/mol. The van der Waals surface area contributed by atoms with E-state index in [9.17, 15) is 51.1 Å². The Hall–Kier alpha value is -0.640. The zero-order chi connectivity index (χ0) is 26.0. The number of ether oxygens (including phenoxy) is 6. The van der Waals surface area contributed by atoms with Crippen molar-refractivity contribution in [3.63, 3.8) is 0 Å². The molecule has 3 aliphatic rings. The molecule has 10 N–H and O–H groups in total. The highest BCUT2D eigenvalue weighted by atomic mass is 16.8. The average Bonchev–Trinajstić information content (AvgIpc) is 2.86. The van der Waals surface area contributed by atoms with Crippen molar-refractivity contribution in [1.82, 2.24) is 0 Å². The highest BCUT2D eigenvalue weighted by molar-refractivity contribution is 4.96. The molecule has 0 aromatic carbocycles. The lowest BCUT2D eigenvalue weighted by Gasteiger charge is -2.48. The molecule has 15 atom stereocenters. The van der Waals surface area contributed by atoms with Gasteiger partial charge in [0.1, 0.15) is 73.2 Å². The van der Waals surface area contributed by atoms with E-state index in [0.717, 1.165) is 0 Å². The molecule has 0 bridgehead atoms. The summed E-state index contributed by atoms with van der Waals surface area (Å²) in [6, 6.07) is 0. The van der Waals surface area contributed by atoms with Gasteiger partial charge < -0.3 is 79.5 Å². The highest BCUT2D eigenvalue weighted by Crippen LogP contribution is 2.33.